The lowest BCUT2D eigenvalue weighted by atomic mass is 10.0. The Morgan fingerprint density at radius 3 is 1.83 bits per heavy atom. The first-order valence-electron chi connectivity index (χ1n) is 17.3. The zero-order chi connectivity index (χ0) is 44.1. The first kappa shape index (κ1) is 48.5. The molecule has 2 atom stereocenters. The number of nitrogens with two attached hydrogens (primary N) is 3. The molecule has 0 saturated carbocycles. The molecule has 1 amide bonds. The lowest BCUT2D eigenvalue weighted by Gasteiger charge is -2.17. The minimum atomic E-state index is -0.879. The van der Waals surface area contributed by atoms with E-state index in [4.69, 9.17) is 17.9 Å². The molecule has 3 rings (SSSR count). The Morgan fingerprint density at radius 1 is 0.817 bits per heavy atom. The molecule has 13 nitrogen and oxygen atoms in total. The second-order valence-corrected chi connectivity index (χ2v) is 10.9. The van der Waals surface area contributed by atoms with Crippen molar-refractivity contribution in [3.05, 3.63) is 82.0 Å². The van der Waals surface area contributed by atoms with Crippen molar-refractivity contribution in [2.75, 3.05) is 5.73 Å². The molecule has 0 unspecified atom stereocenters. The van der Waals surface area contributed by atoms with Gasteiger partial charge in [0, 0.05) is 62.9 Å². The number of fused-ring (bicyclic) bond motifs is 1. The number of carbonyl (C=O) groups excluding carboxylic acids is 2. The van der Waals surface area contributed by atoms with Crippen LogP contribution in [-0.4, -0.2) is 33.8 Å². The summed E-state index contributed by atoms with van der Waals surface area (Å²) in [7, 11) is 0. The smallest absolute Gasteiger partial charge is 0.237 e. The number of anilines is 1. The van der Waals surface area contributed by atoms with Crippen molar-refractivity contribution in [1.29, 1.82) is 0 Å². The van der Waals surface area contributed by atoms with Crippen LogP contribution in [0.3, 0.4) is 0 Å². The van der Waals surface area contributed by atoms with Gasteiger partial charge in [0.25, 0.3) is 0 Å². The molecule has 0 saturated heterocycles. The highest BCUT2D eigenvalue weighted by atomic mass is 16.7. The Kier molecular flexibility index (Phi) is 25.7. The van der Waals surface area contributed by atoms with Crippen LogP contribution in [0.15, 0.2) is 71.2 Å². The number of ketones is 1. The van der Waals surface area contributed by atoms with Crippen molar-refractivity contribution in [1.82, 2.24) is 15.8 Å². The van der Waals surface area contributed by atoms with E-state index in [1.54, 1.807) is 20.0 Å². The van der Waals surface area contributed by atoms with Crippen LogP contribution in [-0.2, 0) is 22.4 Å². The standard InChI is InChI=1S/C24H28N4O2.C23H4.H3N5O2.11H2/c1-16(28-24(30)21(25)11-8-17-5-3-2-4-6-17)22(29)12-9-18-7-10-20-19(15-18)13-14-27-23(20)26;1-3-5-7-9-11-13-15-17-19-21-23-22-20-18-16-14-12-10-8-6-4-2;1-2-3-4-5(6)7;;;;;;;;;;;/h2-7,10,13-16,21H,8-9,11-12,25H2,1H3,(H2,26,27)(H,28,30);1H,2H3;(H2,1,3)(H,2,4);11*1H/t16-,21+;;;;;;;;;;;;;/m0............./s1. The number of hydrogen-bond acceptors (Lipinski definition) is 9. The van der Waals surface area contributed by atoms with E-state index in [9.17, 15) is 19.7 Å². The topological polar surface area (TPSA) is 217 Å². The number of nitrogen functional groups attached to an aromatic ring is 1. The highest BCUT2D eigenvalue weighted by molar-refractivity contribution is 5.92. The van der Waals surface area contributed by atoms with E-state index in [-0.39, 0.29) is 27.4 Å². The van der Waals surface area contributed by atoms with E-state index in [1.165, 1.54) is 5.53 Å². The maximum Gasteiger partial charge on any atom is 0.237 e. The van der Waals surface area contributed by atoms with Gasteiger partial charge in [-0.25, -0.2) is 4.98 Å². The molecule has 3 aromatic rings. The van der Waals surface area contributed by atoms with Crippen LogP contribution in [0.4, 0.5) is 5.82 Å². The summed E-state index contributed by atoms with van der Waals surface area (Å²) in [6.07, 6.45) is 8.77. The molecule has 314 valence electrons. The number of carbonyl (C=O) groups is 2. The zero-order valence-electron chi connectivity index (χ0n) is 32.5. The second-order valence-electron chi connectivity index (χ2n) is 10.9. The number of terminal acetylenes is 1. The molecule has 0 aliphatic heterocycles. The van der Waals surface area contributed by atoms with Crippen molar-refractivity contribution in [2.24, 2.45) is 22.0 Å². The maximum absolute atomic E-state index is 12.5. The minimum Gasteiger partial charge on any atom is -0.383 e. The van der Waals surface area contributed by atoms with Gasteiger partial charge in [0.1, 0.15) is 5.82 Å². The Balaban J connectivity index is -0.0000000888. The van der Waals surface area contributed by atoms with Gasteiger partial charge in [0.05, 0.1) is 22.3 Å². The number of pyridine rings is 1. The van der Waals surface area contributed by atoms with Gasteiger partial charge in [0.15, 0.2) is 11.0 Å². The monoisotopic (exact) mass is 811 g/mol. The lowest BCUT2D eigenvalue weighted by molar-refractivity contribution is -0.546. The third-order valence-electron chi connectivity index (χ3n) is 6.79. The van der Waals surface area contributed by atoms with E-state index in [2.05, 4.69) is 151 Å². The average molecular weight is 812 g/mol. The van der Waals surface area contributed by atoms with Crippen molar-refractivity contribution < 1.29 is 30.3 Å². The summed E-state index contributed by atoms with van der Waals surface area (Å²) in [5.74, 6) is 56.5. The van der Waals surface area contributed by atoms with Gasteiger partial charge in [-0.3, -0.25) is 15.4 Å². The largest absolute Gasteiger partial charge is 0.383 e. The summed E-state index contributed by atoms with van der Waals surface area (Å²) in [5, 5.41) is 18.2. The molecule has 13 heteroatoms. The van der Waals surface area contributed by atoms with E-state index >= 15 is 0 Å². The molecule has 0 spiro atoms. The number of nitro groups is 1. The number of nitrogens with zero attached hydrogens (tertiary/aromatic N) is 4. The van der Waals surface area contributed by atoms with E-state index in [0.717, 1.165) is 28.3 Å². The summed E-state index contributed by atoms with van der Waals surface area (Å²) in [6.45, 7) is 3.40. The highest BCUT2D eigenvalue weighted by Crippen LogP contribution is 2.20. The number of hydrazine groups is 1. The third kappa shape index (κ3) is 24.0. The van der Waals surface area contributed by atoms with E-state index < -0.39 is 17.1 Å². The van der Waals surface area contributed by atoms with Crippen LogP contribution < -0.4 is 28.2 Å². The van der Waals surface area contributed by atoms with Gasteiger partial charge < -0.3 is 26.9 Å². The number of benzene rings is 2. The van der Waals surface area contributed by atoms with Crippen LogP contribution in [0.25, 0.3) is 10.8 Å². The number of aromatic nitrogens is 1. The molecule has 0 aliphatic carbocycles. The van der Waals surface area contributed by atoms with Gasteiger partial charge in [-0.1, -0.05) is 54.5 Å². The zero-order valence-corrected chi connectivity index (χ0v) is 32.5. The Hall–Kier alpha value is -9.49. The molecule has 60 heavy (non-hydrogen) atoms. The molecule has 0 fully saturated rings. The molecule has 0 radical (unpaired) electrons. The first-order chi connectivity index (χ1) is 29.1. The predicted octanol–water partition coefficient (Wildman–Crippen LogP) is 5.17. The average Bonchev–Trinajstić information content (AvgIpc) is 3.25. The lowest BCUT2D eigenvalue weighted by Crippen LogP contribution is -2.47. The SMILES string of the molecule is C#CC#CC#CC#CC#CC#CC#CC#CC#CC#CC#CC.C[C@H](NC(=O)[C@H](N)CCc1ccccc1)C(=O)CCc1ccc2c(N)nccc2c1.NN=NN[N+](=O)[O-].[HH].[HH].[HH].[HH].[HH].[HH].[HH].[HH].[HH].[HH].[HH]. The molecule has 0 bridgehead atoms. The maximum atomic E-state index is 12.5. The van der Waals surface area contributed by atoms with Crippen LogP contribution in [0.5, 0.6) is 0 Å². The normalized spacial score (nSPS) is 9.03. The third-order valence-corrected chi connectivity index (χ3v) is 6.79. The van der Waals surface area contributed by atoms with Crippen LogP contribution >= 0.6 is 0 Å². The second kappa shape index (κ2) is 31.8. The minimum absolute atomic E-state index is 0. The molecular weight excluding hydrogens is 755 g/mol. The summed E-state index contributed by atoms with van der Waals surface area (Å²) >= 11 is 0. The predicted molar refractivity (Wildman–Crippen MR) is 255 cm³/mol. The van der Waals surface area contributed by atoms with Crippen molar-refractivity contribution in [2.45, 2.75) is 51.6 Å². The van der Waals surface area contributed by atoms with E-state index in [0.29, 0.717) is 25.1 Å². The van der Waals surface area contributed by atoms with Gasteiger partial charge in [-0.05, 0) is 150 Å². The quantitative estimate of drug-likeness (QED) is 0.0567. The Labute approximate surface area is 366 Å². The molecule has 8 N–H and O–H groups in total. The van der Waals surface area contributed by atoms with Gasteiger partial charge >= 0.3 is 0 Å². The van der Waals surface area contributed by atoms with Crippen LogP contribution in [0, 0.1) is 141 Å². The van der Waals surface area contributed by atoms with Crippen LogP contribution in [0.1, 0.15) is 53.5 Å². The summed E-state index contributed by atoms with van der Waals surface area (Å²) in [5.41, 5.74) is 15.4. The summed E-state index contributed by atoms with van der Waals surface area (Å²) in [6, 6.07) is 16.5. The van der Waals surface area contributed by atoms with Crippen molar-refractivity contribution >= 4 is 28.3 Å². The van der Waals surface area contributed by atoms with Gasteiger partial charge in [-0.2, -0.15) is 0 Å². The fraction of sp³-hybridized carbons (Fsp3) is 0.170. The van der Waals surface area contributed by atoms with Gasteiger partial charge in [0.2, 0.25) is 5.91 Å². The van der Waals surface area contributed by atoms with Crippen LogP contribution in [0.2, 0.25) is 0 Å². The fourth-order valence-corrected chi connectivity index (χ4v) is 4.08. The van der Waals surface area contributed by atoms with E-state index in [1.807, 2.05) is 54.6 Å². The molecule has 0 aliphatic rings. The number of hydrogen-bond donors (Lipinski definition) is 5. The summed E-state index contributed by atoms with van der Waals surface area (Å²) in [4.78, 5) is 38.1. The number of nitrogens with one attached hydrogen (secondary N) is 2. The Bertz CT molecular complexity index is 2770. The number of amides is 1. The molecule has 2 aromatic carbocycles. The number of rotatable bonds is 11. The summed E-state index contributed by atoms with van der Waals surface area (Å²) < 4.78 is 0. The highest BCUT2D eigenvalue weighted by Gasteiger charge is 2.20. The molecular formula is C47H57N9O4. The first-order valence-corrected chi connectivity index (χ1v) is 17.3. The number of aryl methyl sites for hydroxylation is 2. The Morgan fingerprint density at radius 2 is 1.35 bits per heavy atom. The number of Topliss-reactive ketones (excluding diaryl/α,β-unsaturated/α-hetero) is 1. The fourth-order valence-electron chi connectivity index (χ4n) is 4.08. The van der Waals surface area contributed by atoms with Crippen molar-refractivity contribution in [3.8, 4) is 131 Å². The molecule has 1 aromatic heterocycles. The molecule has 1 heterocycles. The van der Waals surface area contributed by atoms with Crippen molar-refractivity contribution in [3.63, 3.8) is 0 Å². The van der Waals surface area contributed by atoms with Gasteiger partial charge in [-0.15, -0.1) is 6.42 Å².